The van der Waals surface area contributed by atoms with Gasteiger partial charge in [-0.25, -0.2) is 9.59 Å². The Morgan fingerprint density at radius 3 is 1.58 bits per heavy atom. The number of rotatable bonds is 11. The molecule has 0 saturated heterocycles. The first-order chi connectivity index (χ1) is 17.3. The van der Waals surface area contributed by atoms with Crippen molar-refractivity contribution in [3.05, 3.63) is 120 Å². The van der Waals surface area contributed by atoms with Crippen molar-refractivity contribution in [2.75, 3.05) is 6.54 Å². The Labute approximate surface area is 212 Å². The molecule has 0 heterocycles. The molecule has 1 unspecified atom stereocenters. The second-order valence-electron chi connectivity index (χ2n) is 8.40. The molecule has 36 heavy (non-hydrogen) atoms. The summed E-state index contributed by atoms with van der Waals surface area (Å²) in [7, 11) is 0. The zero-order valence-electron chi connectivity index (χ0n) is 20.6. The van der Waals surface area contributed by atoms with Crippen molar-refractivity contribution >= 4 is 17.7 Å². The Morgan fingerprint density at radius 2 is 1.19 bits per heavy atom. The van der Waals surface area contributed by atoms with Gasteiger partial charge in [0.15, 0.2) is 5.78 Å². The SMILES string of the molecule is CCC(C(=O)CNC(C)Cc1ccccc1)(c1ccccc1)c1ccccc1.O=C(O)/C=C/C(=O)O. The number of ketones is 1. The summed E-state index contributed by atoms with van der Waals surface area (Å²) < 4.78 is 0. The van der Waals surface area contributed by atoms with E-state index in [4.69, 9.17) is 10.2 Å². The molecule has 0 amide bonds. The molecule has 3 aromatic carbocycles. The highest BCUT2D eigenvalue weighted by molar-refractivity contribution is 5.95. The number of benzene rings is 3. The third-order valence-corrected chi connectivity index (χ3v) is 5.90. The largest absolute Gasteiger partial charge is 0.478 e. The normalized spacial score (nSPS) is 11.8. The Morgan fingerprint density at radius 1 is 0.778 bits per heavy atom. The van der Waals surface area contributed by atoms with Crippen molar-refractivity contribution in [2.45, 2.75) is 38.1 Å². The Bertz CT molecular complexity index is 1070. The maximum Gasteiger partial charge on any atom is 0.328 e. The van der Waals surface area contributed by atoms with E-state index in [1.54, 1.807) is 0 Å². The molecular weight excluding hydrogens is 454 g/mol. The minimum Gasteiger partial charge on any atom is -0.478 e. The van der Waals surface area contributed by atoms with Crippen LogP contribution in [0.25, 0.3) is 0 Å². The summed E-state index contributed by atoms with van der Waals surface area (Å²) in [5.41, 5.74) is 2.78. The average Bonchev–Trinajstić information content (AvgIpc) is 2.89. The molecule has 6 nitrogen and oxygen atoms in total. The minimum absolute atomic E-state index is 0.215. The maximum absolute atomic E-state index is 13.6. The summed E-state index contributed by atoms with van der Waals surface area (Å²) in [6.45, 7) is 4.59. The smallest absolute Gasteiger partial charge is 0.328 e. The van der Waals surface area contributed by atoms with E-state index in [2.05, 4.69) is 67.7 Å². The van der Waals surface area contributed by atoms with Crippen LogP contribution in [0.3, 0.4) is 0 Å². The van der Waals surface area contributed by atoms with Crippen LogP contribution in [0.4, 0.5) is 0 Å². The second-order valence-corrected chi connectivity index (χ2v) is 8.40. The van der Waals surface area contributed by atoms with Crippen LogP contribution in [0.1, 0.15) is 37.0 Å². The van der Waals surface area contributed by atoms with Gasteiger partial charge in [0.25, 0.3) is 0 Å². The van der Waals surface area contributed by atoms with Crippen molar-refractivity contribution in [2.24, 2.45) is 0 Å². The fraction of sp³-hybridized carbons (Fsp3) is 0.233. The zero-order valence-corrected chi connectivity index (χ0v) is 20.6. The lowest BCUT2D eigenvalue weighted by atomic mass is 9.69. The van der Waals surface area contributed by atoms with Gasteiger partial charge >= 0.3 is 11.9 Å². The van der Waals surface area contributed by atoms with Crippen LogP contribution in [0.5, 0.6) is 0 Å². The van der Waals surface area contributed by atoms with E-state index in [-0.39, 0.29) is 11.8 Å². The molecule has 0 saturated carbocycles. The molecule has 0 aliphatic rings. The molecular formula is C30H33NO5. The Balaban J connectivity index is 0.000000493. The predicted octanol–water partition coefficient (Wildman–Crippen LogP) is 4.88. The fourth-order valence-electron chi connectivity index (χ4n) is 4.14. The topological polar surface area (TPSA) is 104 Å². The van der Waals surface area contributed by atoms with Gasteiger partial charge in [-0.3, -0.25) is 4.79 Å². The van der Waals surface area contributed by atoms with Crippen LogP contribution in [0.15, 0.2) is 103 Å². The first-order valence-electron chi connectivity index (χ1n) is 11.8. The van der Waals surface area contributed by atoms with Gasteiger partial charge in [0, 0.05) is 18.2 Å². The fourth-order valence-corrected chi connectivity index (χ4v) is 4.14. The lowest BCUT2D eigenvalue weighted by Gasteiger charge is -2.33. The van der Waals surface area contributed by atoms with Crippen molar-refractivity contribution < 1.29 is 24.6 Å². The number of carbonyl (C=O) groups is 3. The van der Waals surface area contributed by atoms with E-state index in [0.717, 1.165) is 24.0 Å². The number of carboxylic acid groups (broad SMARTS) is 2. The third-order valence-electron chi connectivity index (χ3n) is 5.90. The molecule has 0 fully saturated rings. The summed E-state index contributed by atoms with van der Waals surface area (Å²) in [6.07, 6.45) is 2.75. The van der Waals surface area contributed by atoms with E-state index in [0.29, 0.717) is 18.7 Å². The monoisotopic (exact) mass is 487 g/mol. The van der Waals surface area contributed by atoms with Crippen molar-refractivity contribution in [1.82, 2.24) is 5.32 Å². The molecule has 188 valence electrons. The van der Waals surface area contributed by atoms with Gasteiger partial charge in [0.05, 0.1) is 12.0 Å². The number of nitrogens with one attached hydrogen (secondary N) is 1. The quantitative estimate of drug-likeness (QED) is 0.333. The Kier molecular flexibility index (Phi) is 11.3. The van der Waals surface area contributed by atoms with Crippen molar-refractivity contribution in [1.29, 1.82) is 0 Å². The summed E-state index contributed by atoms with van der Waals surface area (Å²) in [6, 6.07) is 31.0. The van der Waals surface area contributed by atoms with Crippen LogP contribution in [-0.2, 0) is 26.2 Å². The molecule has 6 heteroatoms. The maximum atomic E-state index is 13.6. The van der Waals surface area contributed by atoms with Crippen molar-refractivity contribution in [3.8, 4) is 0 Å². The van der Waals surface area contributed by atoms with Gasteiger partial charge in [-0.15, -0.1) is 0 Å². The van der Waals surface area contributed by atoms with Crippen LogP contribution in [-0.4, -0.2) is 40.5 Å². The molecule has 0 spiro atoms. The van der Waals surface area contributed by atoms with Gasteiger partial charge in [-0.05, 0) is 36.5 Å². The lowest BCUT2D eigenvalue weighted by molar-refractivity contribution is -0.134. The van der Waals surface area contributed by atoms with Crippen molar-refractivity contribution in [3.63, 3.8) is 0 Å². The van der Waals surface area contributed by atoms with Crippen LogP contribution in [0.2, 0.25) is 0 Å². The lowest BCUT2D eigenvalue weighted by Crippen LogP contribution is -2.44. The zero-order chi connectivity index (χ0) is 26.4. The van der Waals surface area contributed by atoms with Crippen LogP contribution >= 0.6 is 0 Å². The van der Waals surface area contributed by atoms with E-state index in [9.17, 15) is 14.4 Å². The summed E-state index contributed by atoms with van der Waals surface area (Å²) >= 11 is 0. The van der Waals surface area contributed by atoms with Gasteiger partial charge in [0.2, 0.25) is 0 Å². The average molecular weight is 488 g/mol. The van der Waals surface area contributed by atoms with E-state index in [1.165, 1.54) is 5.56 Å². The molecule has 0 bridgehead atoms. The van der Waals surface area contributed by atoms with E-state index in [1.807, 2.05) is 42.5 Å². The molecule has 0 aliphatic carbocycles. The van der Waals surface area contributed by atoms with E-state index >= 15 is 0 Å². The summed E-state index contributed by atoms with van der Waals surface area (Å²) in [5.74, 6) is -2.30. The van der Waals surface area contributed by atoms with E-state index < -0.39 is 17.4 Å². The number of carboxylic acids is 2. The second kappa shape index (κ2) is 14.4. The summed E-state index contributed by atoms with van der Waals surface area (Å²) in [4.78, 5) is 32.7. The number of carbonyl (C=O) groups excluding carboxylic acids is 1. The van der Waals surface area contributed by atoms with Crippen LogP contribution in [0, 0.1) is 0 Å². The number of hydrogen-bond donors (Lipinski definition) is 3. The molecule has 0 aliphatic heterocycles. The van der Waals surface area contributed by atoms with Gasteiger partial charge in [0.1, 0.15) is 0 Å². The number of Topliss-reactive ketones (excluding diaryl/α,β-unsaturated/α-hetero) is 1. The predicted molar refractivity (Wildman–Crippen MR) is 141 cm³/mol. The molecule has 3 rings (SSSR count). The first-order valence-corrected chi connectivity index (χ1v) is 11.8. The highest BCUT2D eigenvalue weighted by Crippen LogP contribution is 2.36. The molecule has 1 atom stereocenters. The third kappa shape index (κ3) is 8.32. The number of aliphatic carboxylic acids is 2. The highest BCUT2D eigenvalue weighted by Gasteiger charge is 2.39. The molecule has 3 N–H and O–H groups in total. The molecule has 0 aromatic heterocycles. The minimum atomic E-state index is -1.26. The standard InChI is InChI=1S/C26H29NO.C4H4O4/c1-3-26(23-15-9-5-10-16-23,24-17-11-6-12-18-24)25(28)20-27-21(2)19-22-13-7-4-8-14-22;5-3(6)1-2-4(7)8/h4-18,21,27H,3,19-20H2,1-2H3;1-2H,(H,5,6)(H,7,8)/b;2-1+. The summed E-state index contributed by atoms with van der Waals surface area (Å²) in [5, 5.41) is 19.1. The molecule has 0 radical (unpaired) electrons. The van der Waals surface area contributed by atoms with Crippen LogP contribution < -0.4 is 5.32 Å². The first kappa shape index (κ1) is 28.2. The van der Waals surface area contributed by atoms with Gasteiger partial charge < -0.3 is 15.5 Å². The van der Waals surface area contributed by atoms with Gasteiger partial charge in [-0.2, -0.15) is 0 Å². The van der Waals surface area contributed by atoms with Gasteiger partial charge in [-0.1, -0.05) is 97.9 Å². The Hall–Kier alpha value is -4.03. The number of hydrogen-bond acceptors (Lipinski definition) is 4. The molecule has 3 aromatic rings. The highest BCUT2D eigenvalue weighted by atomic mass is 16.4.